The van der Waals surface area contributed by atoms with Crippen molar-refractivity contribution in [2.45, 2.75) is 39.5 Å². The summed E-state index contributed by atoms with van der Waals surface area (Å²) < 4.78 is 9.45. The Labute approximate surface area is 128 Å². The molecule has 0 aromatic carbocycles. The minimum absolute atomic E-state index is 0.158. The molecule has 0 aliphatic rings. The Hall–Kier alpha value is -2.12. The highest BCUT2D eigenvalue weighted by molar-refractivity contribution is 5.94. The SMILES string of the molecule is CCCC(C(=O)O)C(=O)OCCOC(=O)C(CCC)C(=O)O. The maximum Gasteiger partial charge on any atom is 0.320 e. The van der Waals surface area contributed by atoms with Gasteiger partial charge in [0.15, 0.2) is 11.8 Å². The van der Waals surface area contributed by atoms with Crippen LogP contribution in [0.5, 0.6) is 0 Å². The lowest BCUT2D eigenvalue weighted by molar-refractivity contribution is -0.166. The molecular formula is C14H22O8. The molecule has 0 bridgehead atoms. The van der Waals surface area contributed by atoms with E-state index in [1.54, 1.807) is 13.8 Å². The molecule has 0 fully saturated rings. The van der Waals surface area contributed by atoms with E-state index >= 15 is 0 Å². The van der Waals surface area contributed by atoms with Crippen molar-refractivity contribution < 1.29 is 38.9 Å². The monoisotopic (exact) mass is 318 g/mol. The predicted octanol–water partition coefficient (Wildman–Crippen LogP) is 1.07. The first-order chi connectivity index (χ1) is 10.3. The molecule has 2 unspecified atom stereocenters. The molecule has 0 amide bonds. The molecule has 0 aliphatic carbocycles. The lowest BCUT2D eigenvalue weighted by atomic mass is 10.0. The molecule has 22 heavy (non-hydrogen) atoms. The van der Waals surface area contributed by atoms with Crippen LogP contribution < -0.4 is 0 Å². The van der Waals surface area contributed by atoms with E-state index in [0.717, 1.165) is 0 Å². The summed E-state index contributed by atoms with van der Waals surface area (Å²) in [4.78, 5) is 44.8. The molecule has 0 aromatic rings. The van der Waals surface area contributed by atoms with Crippen LogP contribution in [0.3, 0.4) is 0 Å². The van der Waals surface area contributed by atoms with Crippen LogP contribution in [0, 0.1) is 11.8 Å². The average molecular weight is 318 g/mol. The first kappa shape index (κ1) is 19.9. The van der Waals surface area contributed by atoms with Gasteiger partial charge in [-0.3, -0.25) is 19.2 Å². The number of rotatable bonds is 11. The molecule has 0 aromatic heterocycles. The first-order valence-electron chi connectivity index (χ1n) is 7.13. The van der Waals surface area contributed by atoms with E-state index in [1.807, 2.05) is 0 Å². The van der Waals surface area contributed by atoms with Crippen molar-refractivity contribution in [1.29, 1.82) is 0 Å². The van der Waals surface area contributed by atoms with Crippen LogP contribution in [0.4, 0.5) is 0 Å². The molecule has 8 nitrogen and oxygen atoms in total. The number of aliphatic carboxylic acids is 2. The van der Waals surface area contributed by atoms with Gasteiger partial charge in [-0.25, -0.2) is 0 Å². The normalized spacial score (nSPS) is 13.0. The second-order valence-electron chi connectivity index (χ2n) is 4.69. The molecule has 0 saturated heterocycles. The molecule has 8 heteroatoms. The minimum Gasteiger partial charge on any atom is -0.481 e. The van der Waals surface area contributed by atoms with Crippen LogP contribution in [0.25, 0.3) is 0 Å². The second kappa shape index (κ2) is 10.6. The summed E-state index contributed by atoms with van der Waals surface area (Å²) in [6.07, 6.45) is 1.34. The zero-order valence-corrected chi connectivity index (χ0v) is 12.7. The molecule has 0 aliphatic heterocycles. The van der Waals surface area contributed by atoms with Gasteiger partial charge in [0.05, 0.1) is 0 Å². The Morgan fingerprint density at radius 1 is 0.773 bits per heavy atom. The summed E-state index contributed by atoms with van der Waals surface area (Å²) in [7, 11) is 0. The van der Waals surface area contributed by atoms with E-state index in [9.17, 15) is 19.2 Å². The number of carbonyl (C=O) groups excluding carboxylic acids is 2. The quantitative estimate of drug-likeness (QED) is 0.329. The van der Waals surface area contributed by atoms with Gasteiger partial charge in [-0.15, -0.1) is 0 Å². The van der Waals surface area contributed by atoms with Crippen LogP contribution in [-0.4, -0.2) is 47.3 Å². The molecule has 0 heterocycles. The maximum absolute atomic E-state index is 11.5. The molecule has 0 spiro atoms. The van der Waals surface area contributed by atoms with Crippen LogP contribution in [0.15, 0.2) is 0 Å². The van der Waals surface area contributed by atoms with Crippen molar-refractivity contribution in [1.82, 2.24) is 0 Å². The lowest BCUT2D eigenvalue weighted by Gasteiger charge is -2.13. The molecule has 0 radical (unpaired) electrons. The van der Waals surface area contributed by atoms with Crippen LogP contribution >= 0.6 is 0 Å². The van der Waals surface area contributed by atoms with Gasteiger partial charge in [0.2, 0.25) is 0 Å². The van der Waals surface area contributed by atoms with Gasteiger partial charge in [-0.05, 0) is 12.8 Å². The third kappa shape index (κ3) is 7.05. The van der Waals surface area contributed by atoms with Gasteiger partial charge in [-0.2, -0.15) is 0 Å². The Morgan fingerprint density at radius 2 is 1.09 bits per heavy atom. The van der Waals surface area contributed by atoms with Crippen molar-refractivity contribution in [2.24, 2.45) is 11.8 Å². The van der Waals surface area contributed by atoms with Crippen molar-refractivity contribution in [2.75, 3.05) is 13.2 Å². The molecule has 2 atom stereocenters. The Morgan fingerprint density at radius 3 is 1.32 bits per heavy atom. The van der Waals surface area contributed by atoms with Gasteiger partial charge >= 0.3 is 23.9 Å². The summed E-state index contributed by atoms with van der Waals surface area (Å²) in [5.74, 6) is -6.81. The summed E-state index contributed by atoms with van der Waals surface area (Å²) in [5, 5.41) is 17.7. The van der Waals surface area contributed by atoms with Gasteiger partial charge in [0.25, 0.3) is 0 Å². The summed E-state index contributed by atoms with van der Waals surface area (Å²) in [6, 6.07) is 0. The highest BCUT2D eigenvalue weighted by Gasteiger charge is 2.28. The third-order valence-electron chi connectivity index (χ3n) is 2.89. The topological polar surface area (TPSA) is 127 Å². The smallest absolute Gasteiger partial charge is 0.320 e. The predicted molar refractivity (Wildman–Crippen MR) is 74.0 cm³/mol. The van der Waals surface area contributed by atoms with Crippen LogP contribution in [0.1, 0.15) is 39.5 Å². The van der Waals surface area contributed by atoms with Crippen molar-refractivity contribution in [3.63, 3.8) is 0 Å². The standard InChI is InChI=1S/C14H22O8/c1-3-5-9(11(15)16)13(19)21-7-8-22-14(20)10(6-4-2)12(17)18/h9-10H,3-8H2,1-2H3,(H,15,16)(H,17,18). The van der Waals surface area contributed by atoms with Gasteiger partial charge in [0.1, 0.15) is 13.2 Å². The highest BCUT2D eigenvalue weighted by Crippen LogP contribution is 2.10. The fourth-order valence-electron chi connectivity index (χ4n) is 1.75. The van der Waals surface area contributed by atoms with E-state index in [4.69, 9.17) is 19.7 Å². The van der Waals surface area contributed by atoms with Gasteiger partial charge in [-0.1, -0.05) is 26.7 Å². The first-order valence-corrected chi connectivity index (χ1v) is 7.13. The number of carbonyl (C=O) groups is 4. The summed E-state index contributed by atoms with van der Waals surface area (Å²) in [6.45, 7) is 2.86. The van der Waals surface area contributed by atoms with Gasteiger partial charge < -0.3 is 19.7 Å². The zero-order valence-electron chi connectivity index (χ0n) is 12.7. The van der Waals surface area contributed by atoms with E-state index < -0.39 is 35.7 Å². The lowest BCUT2D eigenvalue weighted by Crippen LogP contribution is -2.29. The third-order valence-corrected chi connectivity index (χ3v) is 2.89. The Balaban J connectivity index is 4.20. The molecule has 126 valence electrons. The summed E-state index contributed by atoms with van der Waals surface area (Å²) >= 11 is 0. The zero-order chi connectivity index (χ0) is 17.1. The second-order valence-corrected chi connectivity index (χ2v) is 4.69. The molecule has 0 saturated carbocycles. The Kier molecular flexibility index (Phi) is 9.56. The van der Waals surface area contributed by atoms with E-state index in [-0.39, 0.29) is 26.1 Å². The summed E-state index contributed by atoms with van der Waals surface area (Å²) in [5.41, 5.74) is 0. The fraction of sp³-hybridized carbons (Fsp3) is 0.714. The van der Waals surface area contributed by atoms with Crippen molar-refractivity contribution >= 4 is 23.9 Å². The Bertz CT molecular complexity index is 366. The number of esters is 2. The largest absolute Gasteiger partial charge is 0.481 e. The van der Waals surface area contributed by atoms with Crippen molar-refractivity contribution in [3.8, 4) is 0 Å². The number of hydrogen-bond donors (Lipinski definition) is 2. The van der Waals surface area contributed by atoms with Crippen LogP contribution in [0.2, 0.25) is 0 Å². The van der Waals surface area contributed by atoms with E-state index in [1.165, 1.54) is 0 Å². The number of hydrogen-bond acceptors (Lipinski definition) is 6. The maximum atomic E-state index is 11.5. The van der Waals surface area contributed by atoms with E-state index in [2.05, 4.69) is 0 Å². The van der Waals surface area contributed by atoms with Crippen molar-refractivity contribution in [3.05, 3.63) is 0 Å². The number of carboxylic acid groups (broad SMARTS) is 2. The molecule has 2 N–H and O–H groups in total. The number of ether oxygens (including phenoxy) is 2. The minimum atomic E-state index is -1.27. The number of carboxylic acids is 2. The van der Waals surface area contributed by atoms with E-state index in [0.29, 0.717) is 12.8 Å². The average Bonchev–Trinajstić information content (AvgIpc) is 2.45. The molecular weight excluding hydrogens is 296 g/mol. The fourth-order valence-corrected chi connectivity index (χ4v) is 1.75. The molecule has 0 rings (SSSR count). The van der Waals surface area contributed by atoms with Gasteiger partial charge in [0, 0.05) is 0 Å². The highest BCUT2D eigenvalue weighted by atomic mass is 16.6. The van der Waals surface area contributed by atoms with Crippen LogP contribution in [-0.2, 0) is 28.7 Å².